The molecule has 0 saturated carbocycles. The summed E-state index contributed by atoms with van der Waals surface area (Å²) in [5.74, 6) is 1.88. The molecular weight excluding hydrogens is 368 g/mol. The first-order valence-electron chi connectivity index (χ1n) is 9.26. The molecule has 0 aliphatic carbocycles. The fourth-order valence-electron chi connectivity index (χ4n) is 3.05. The first kappa shape index (κ1) is 18.8. The smallest absolute Gasteiger partial charge is 0.241 e. The Morgan fingerprint density at radius 1 is 1.17 bits per heavy atom. The monoisotopic (exact) mass is 390 g/mol. The molecule has 4 rings (SSSR count). The van der Waals surface area contributed by atoms with E-state index in [2.05, 4.69) is 44.2 Å². The van der Waals surface area contributed by atoms with Crippen molar-refractivity contribution in [3.05, 3.63) is 72.6 Å². The van der Waals surface area contributed by atoms with Gasteiger partial charge in [-0.3, -0.25) is 4.90 Å². The molecule has 4 aromatic rings. The summed E-state index contributed by atoms with van der Waals surface area (Å²) in [4.78, 5) is 10.7. The molecule has 8 nitrogen and oxygen atoms in total. The van der Waals surface area contributed by atoms with Crippen LogP contribution in [0.15, 0.2) is 65.7 Å². The second-order valence-corrected chi connectivity index (χ2v) is 6.77. The molecule has 2 aromatic heterocycles. The van der Waals surface area contributed by atoms with Gasteiger partial charge in [0.1, 0.15) is 18.4 Å². The maximum atomic E-state index is 5.46. The van der Waals surface area contributed by atoms with Crippen molar-refractivity contribution in [3.63, 3.8) is 0 Å². The van der Waals surface area contributed by atoms with Gasteiger partial charge in [-0.2, -0.15) is 10.1 Å². The van der Waals surface area contributed by atoms with Crippen LogP contribution in [0.4, 0.5) is 0 Å². The van der Waals surface area contributed by atoms with Gasteiger partial charge in [0.05, 0.1) is 19.3 Å². The molecule has 0 aliphatic rings. The van der Waals surface area contributed by atoms with E-state index in [-0.39, 0.29) is 6.04 Å². The minimum atomic E-state index is 0.173. The highest BCUT2D eigenvalue weighted by Crippen LogP contribution is 2.24. The Hall–Kier alpha value is -3.52. The van der Waals surface area contributed by atoms with Crippen molar-refractivity contribution in [2.24, 2.45) is 0 Å². The van der Waals surface area contributed by atoms with E-state index in [4.69, 9.17) is 9.26 Å². The van der Waals surface area contributed by atoms with Gasteiger partial charge in [0.25, 0.3) is 0 Å². The topological polar surface area (TPSA) is 82.1 Å². The van der Waals surface area contributed by atoms with E-state index < -0.39 is 0 Å². The van der Waals surface area contributed by atoms with Crippen LogP contribution >= 0.6 is 0 Å². The van der Waals surface area contributed by atoms with E-state index in [1.807, 2.05) is 43.4 Å². The summed E-state index contributed by atoms with van der Waals surface area (Å²) in [5, 5.41) is 8.25. The summed E-state index contributed by atoms with van der Waals surface area (Å²) in [6.45, 7) is 2.69. The van der Waals surface area contributed by atoms with Crippen LogP contribution in [0.25, 0.3) is 17.1 Å². The quantitative estimate of drug-likeness (QED) is 0.477. The fourth-order valence-corrected chi connectivity index (χ4v) is 3.05. The van der Waals surface area contributed by atoms with E-state index in [1.54, 1.807) is 18.1 Å². The fraction of sp³-hybridized carbons (Fsp3) is 0.238. The lowest BCUT2D eigenvalue weighted by Crippen LogP contribution is -2.22. The highest BCUT2D eigenvalue weighted by Gasteiger charge is 2.16. The summed E-state index contributed by atoms with van der Waals surface area (Å²) >= 11 is 0. The van der Waals surface area contributed by atoms with Crippen molar-refractivity contribution < 1.29 is 9.26 Å². The summed E-state index contributed by atoms with van der Waals surface area (Å²) < 4.78 is 12.4. The van der Waals surface area contributed by atoms with Gasteiger partial charge in [-0.05, 0) is 43.8 Å². The predicted molar refractivity (Wildman–Crippen MR) is 108 cm³/mol. The van der Waals surface area contributed by atoms with Crippen LogP contribution in [0.5, 0.6) is 5.75 Å². The van der Waals surface area contributed by atoms with E-state index in [1.165, 1.54) is 11.9 Å². The molecular formula is C21H22N6O2. The molecule has 0 radical (unpaired) electrons. The molecule has 0 spiro atoms. The van der Waals surface area contributed by atoms with E-state index >= 15 is 0 Å². The normalized spacial score (nSPS) is 12.3. The Balaban J connectivity index is 1.43. The van der Waals surface area contributed by atoms with Crippen LogP contribution in [0.1, 0.15) is 24.4 Å². The first-order valence-corrected chi connectivity index (χ1v) is 9.26. The molecule has 29 heavy (non-hydrogen) atoms. The highest BCUT2D eigenvalue weighted by molar-refractivity contribution is 5.56. The second-order valence-electron chi connectivity index (χ2n) is 6.77. The second kappa shape index (κ2) is 8.24. The van der Waals surface area contributed by atoms with E-state index in [0.29, 0.717) is 18.3 Å². The SMILES string of the molecule is COc1cccc(-c2noc(CN(C)C(C)c3ccc(-n4cncn4)cc3)n2)c1. The Kier molecular flexibility index (Phi) is 5.35. The van der Waals surface area contributed by atoms with Crippen LogP contribution in [0.3, 0.4) is 0 Å². The molecule has 2 heterocycles. The van der Waals surface area contributed by atoms with Crippen molar-refractivity contribution in [3.8, 4) is 22.8 Å². The van der Waals surface area contributed by atoms with Crippen molar-refractivity contribution in [1.82, 2.24) is 29.8 Å². The average molecular weight is 390 g/mol. The van der Waals surface area contributed by atoms with Gasteiger partial charge in [-0.1, -0.05) is 29.4 Å². The molecule has 8 heteroatoms. The molecule has 0 aliphatic heterocycles. The predicted octanol–water partition coefficient (Wildman–Crippen LogP) is 3.52. The van der Waals surface area contributed by atoms with Crippen LogP contribution in [-0.4, -0.2) is 44.0 Å². The van der Waals surface area contributed by atoms with Crippen LogP contribution < -0.4 is 4.74 Å². The lowest BCUT2D eigenvalue weighted by molar-refractivity contribution is 0.216. The molecule has 0 amide bonds. The number of methoxy groups -OCH3 is 1. The molecule has 0 saturated heterocycles. The van der Waals surface area contributed by atoms with Crippen LogP contribution in [-0.2, 0) is 6.54 Å². The Morgan fingerprint density at radius 2 is 2.00 bits per heavy atom. The number of rotatable bonds is 7. The zero-order valence-corrected chi connectivity index (χ0v) is 16.6. The number of ether oxygens (including phenoxy) is 1. The zero-order chi connectivity index (χ0) is 20.2. The lowest BCUT2D eigenvalue weighted by atomic mass is 10.1. The third kappa shape index (κ3) is 4.17. The summed E-state index contributed by atoms with van der Waals surface area (Å²) in [6, 6.07) is 16.0. The van der Waals surface area contributed by atoms with Gasteiger partial charge in [-0.15, -0.1) is 0 Å². The number of benzene rings is 2. The Morgan fingerprint density at radius 3 is 2.72 bits per heavy atom. The number of nitrogens with zero attached hydrogens (tertiary/aromatic N) is 6. The minimum Gasteiger partial charge on any atom is -0.497 e. The first-order chi connectivity index (χ1) is 14.1. The largest absolute Gasteiger partial charge is 0.497 e. The molecule has 0 fully saturated rings. The average Bonchev–Trinajstić information content (AvgIpc) is 3.46. The van der Waals surface area contributed by atoms with Gasteiger partial charge in [-0.25, -0.2) is 9.67 Å². The molecule has 0 bridgehead atoms. The minimum absolute atomic E-state index is 0.173. The Bertz CT molecular complexity index is 1060. The maximum absolute atomic E-state index is 5.46. The third-order valence-electron chi connectivity index (χ3n) is 4.90. The molecule has 1 unspecified atom stereocenters. The molecule has 0 N–H and O–H groups in total. The molecule has 2 aromatic carbocycles. The molecule has 1 atom stereocenters. The Labute approximate surface area is 168 Å². The van der Waals surface area contributed by atoms with Gasteiger partial charge >= 0.3 is 0 Å². The van der Waals surface area contributed by atoms with Gasteiger partial charge in [0.2, 0.25) is 11.7 Å². The number of hydrogen-bond acceptors (Lipinski definition) is 7. The van der Waals surface area contributed by atoms with E-state index in [0.717, 1.165) is 17.0 Å². The summed E-state index contributed by atoms with van der Waals surface area (Å²) in [7, 11) is 3.67. The summed E-state index contributed by atoms with van der Waals surface area (Å²) in [6.07, 6.45) is 3.20. The van der Waals surface area contributed by atoms with Crippen LogP contribution in [0, 0.1) is 0 Å². The lowest BCUT2D eigenvalue weighted by Gasteiger charge is -2.23. The van der Waals surface area contributed by atoms with E-state index in [9.17, 15) is 0 Å². The number of hydrogen-bond donors (Lipinski definition) is 0. The van der Waals surface area contributed by atoms with Gasteiger partial charge < -0.3 is 9.26 Å². The van der Waals surface area contributed by atoms with Gasteiger partial charge in [0.15, 0.2) is 0 Å². The zero-order valence-electron chi connectivity index (χ0n) is 16.6. The standard InChI is InChI=1S/C21H22N6O2/c1-15(16-7-9-18(10-8-16)27-14-22-13-23-27)26(2)12-20-24-21(25-29-20)17-5-4-6-19(11-17)28-3/h4-11,13-15H,12H2,1-3H3. The van der Waals surface area contributed by atoms with Crippen molar-refractivity contribution in [1.29, 1.82) is 0 Å². The van der Waals surface area contributed by atoms with Crippen molar-refractivity contribution in [2.75, 3.05) is 14.2 Å². The number of aromatic nitrogens is 5. The van der Waals surface area contributed by atoms with Crippen molar-refractivity contribution in [2.45, 2.75) is 19.5 Å². The van der Waals surface area contributed by atoms with Crippen LogP contribution in [0.2, 0.25) is 0 Å². The highest BCUT2D eigenvalue weighted by atomic mass is 16.5. The summed E-state index contributed by atoms with van der Waals surface area (Å²) in [5.41, 5.74) is 3.02. The third-order valence-corrected chi connectivity index (χ3v) is 4.90. The maximum Gasteiger partial charge on any atom is 0.241 e. The molecule has 148 valence electrons. The van der Waals surface area contributed by atoms with Gasteiger partial charge in [0, 0.05) is 11.6 Å². The van der Waals surface area contributed by atoms with Crippen molar-refractivity contribution >= 4 is 0 Å².